The Labute approximate surface area is 197 Å². The Kier molecular flexibility index (Phi) is 5.52. The topological polar surface area (TPSA) is 94.8 Å². The van der Waals surface area contributed by atoms with Crippen molar-refractivity contribution in [1.29, 1.82) is 0 Å². The summed E-state index contributed by atoms with van der Waals surface area (Å²) in [6.07, 6.45) is 1.59. The normalized spacial score (nSPS) is 15.1. The third-order valence-corrected chi connectivity index (χ3v) is 6.66. The molecule has 0 aliphatic carbocycles. The lowest BCUT2D eigenvalue weighted by Gasteiger charge is -2.23. The van der Waals surface area contributed by atoms with Crippen LogP contribution >= 0.6 is 11.3 Å². The quantitative estimate of drug-likeness (QED) is 0.400. The fourth-order valence-corrected chi connectivity index (χ4v) is 5.10. The average molecular weight is 482 g/mol. The van der Waals surface area contributed by atoms with Crippen molar-refractivity contribution in [2.45, 2.75) is 25.8 Å². The number of ether oxygens (including phenoxy) is 2. The van der Waals surface area contributed by atoms with Gasteiger partial charge in [-0.3, -0.25) is 14.5 Å². The maximum atomic E-state index is 14.0. The maximum Gasteiger partial charge on any atom is 0.297 e. The van der Waals surface area contributed by atoms with E-state index in [1.165, 1.54) is 42.6 Å². The van der Waals surface area contributed by atoms with E-state index in [4.69, 9.17) is 13.9 Å². The minimum absolute atomic E-state index is 0.0582. The van der Waals surface area contributed by atoms with Gasteiger partial charge in [-0.05, 0) is 42.3 Å². The zero-order valence-corrected chi connectivity index (χ0v) is 19.4. The maximum absolute atomic E-state index is 14.0. The van der Waals surface area contributed by atoms with Gasteiger partial charge in [0.05, 0.1) is 31.2 Å². The van der Waals surface area contributed by atoms with Crippen LogP contribution in [0.2, 0.25) is 0 Å². The number of benzene rings is 2. The highest BCUT2D eigenvalue weighted by Crippen LogP contribution is 2.44. The van der Waals surface area contributed by atoms with Crippen LogP contribution in [0, 0.1) is 5.82 Å². The predicted octanol–water partition coefficient (Wildman–Crippen LogP) is 4.50. The molecule has 1 aliphatic rings. The van der Waals surface area contributed by atoms with Crippen molar-refractivity contribution in [2.24, 2.45) is 0 Å². The van der Waals surface area contributed by atoms with Gasteiger partial charge in [0.1, 0.15) is 16.4 Å². The summed E-state index contributed by atoms with van der Waals surface area (Å²) in [6, 6.07) is 7.91. The van der Waals surface area contributed by atoms with Crippen molar-refractivity contribution < 1.29 is 23.1 Å². The second kappa shape index (κ2) is 8.53. The highest BCUT2D eigenvalue weighted by atomic mass is 32.1. The summed E-state index contributed by atoms with van der Waals surface area (Å²) >= 11 is 1.28. The van der Waals surface area contributed by atoms with Crippen molar-refractivity contribution >= 4 is 33.3 Å². The number of amides is 1. The largest absolute Gasteiger partial charge is 0.493 e. The lowest BCUT2D eigenvalue weighted by atomic mass is 9.98. The second-order valence-corrected chi connectivity index (χ2v) is 8.78. The van der Waals surface area contributed by atoms with Crippen LogP contribution in [0.5, 0.6) is 11.5 Å². The van der Waals surface area contributed by atoms with Gasteiger partial charge >= 0.3 is 0 Å². The molecule has 174 valence electrons. The third kappa shape index (κ3) is 3.41. The van der Waals surface area contributed by atoms with Crippen LogP contribution in [0.4, 0.5) is 9.52 Å². The van der Waals surface area contributed by atoms with E-state index in [1.807, 2.05) is 6.92 Å². The van der Waals surface area contributed by atoms with Gasteiger partial charge in [-0.25, -0.2) is 4.39 Å². The fraction of sp³-hybridized carbons (Fsp3) is 0.250. The third-order valence-electron chi connectivity index (χ3n) is 5.68. The molecule has 1 atom stereocenters. The smallest absolute Gasteiger partial charge is 0.297 e. The molecule has 3 heterocycles. The number of hydrogen-bond acceptors (Lipinski definition) is 8. The van der Waals surface area contributed by atoms with Crippen molar-refractivity contribution in [3.63, 3.8) is 0 Å². The molecular formula is C24H20FN3O5S. The number of hydrogen-bond donors (Lipinski definition) is 0. The highest BCUT2D eigenvalue weighted by Gasteiger charge is 2.45. The Hall–Kier alpha value is -3.79. The van der Waals surface area contributed by atoms with Gasteiger partial charge in [0.25, 0.3) is 5.91 Å². The molecule has 5 rings (SSSR count). The molecular weight excluding hydrogens is 461 g/mol. The van der Waals surface area contributed by atoms with E-state index in [-0.39, 0.29) is 22.3 Å². The first kappa shape index (κ1) is 22.0. The molecule has 0 bridgehead atoms. The molecule has 2 aromatic heterocycles. The summed E-state index contributed by atoms with van der Waals surface area (Å²) in [5, 5.41) is 9.60. The number of carbonyl (C=O) groups is 1. The molecule has 0 spiro atoms. The summed E-state index contributed by atoms with van der Waals surface area (Å²) in [7, 11) is 3.02. The van der Waals surface area contributed by atoms with E-state index >= 15 is 0 Å². The minimum Gasteiger partial charge on any atom is -0.493 e. The Morgan fingerprint density at radius 2 is 1.88 bits per heavy atom. The molecule has 0 unspecified atom stereocenters. The Balaban J connectivity index is 1.77. The number of nitrogens with zero attached hydrogens (tertiary/aromatic N) is 3. The Morgan fingerprint density at radius 3 is 2.62 bits per heavy atom. The number of aryl methyl sites for hydroxylation is 1. The van der Waals surface area contributed by atoms with Crippen LogP contribution in [-0.2, 0) is 6.42 Å². The molecule has 0 N–H and O–H groups in total. The van der Waals surface area contributed by atoms with Crippen LogP contribution in [0.1, 0.15) is 46.1 Å². The van der Waals surface area contributed by atoms with E-state index in [2.05, 4.69) is 10.2 Å². The minimum atomic E-state index is -0.867. The van der Waals surface area contributed by atoms with Crippen LogP contribution in [-0.4, -0.2) is 30.3 Å². The molecule has 34 heavy (non-hydrogen) atoms. The molecule has 4 aromatic rings. The van der Waals surface area contributed by atoms with Crippen molar-refractivity contribution in [1.82, 2.24) is 10.2 Å². The molecule has 1 aliphatic heterocycles. The summed E-state index contributed by atoms with van der Waals surface area (Å²) in [6.45, 7) is 2.03. The molecule has 0 fully saturated rings. The van der Waals surface area contributed by atoms with E-state index in [1.54, 1.807) is 18.2 Å². The predicted molar refractivity (Wildman–Crippen MR) is 125 cm³/mol. The number of rotatable bonds is 6. The van der Waals surface area contributed by atoms with Crippen LogP contribution in [0.15, 0.2) is 45.6 Å². The number of methoxy groups -OCH3 is 2. The summed E-state index contributed by atoms with van der Waals surface area (Å²) < 4.78 is 30.6. The van der Waals surface area contributed by atoms with Gasteiger partial charge in [0.15, 0.2) is 16.9 Å². The highest BCUT2D eigenvalue weighted by molar-refractivity contribution is 7.15. The number of carbonyl (C=O) groups excluding carboxylic acids is 1. The molecule has 10 heteroatoms. The fourth-order valence-electron chi connectivity index (χ4n) is 4.14. The summed E-state index contributed by atoms with van der Waals surface area (Å²) in [5.41, 5.74) is 0.350. The SMILES string of the molecule is CCCc1nnc(N2C(=O)c3oc4ccc(F)cc4c(=O)c3[C@@H]2c2ccc(OC)c(OC)c2)s1. The average Bonchev–Trinajstić information content (AvgIpc) is 3.41. The molecule has 0 saturated carbocycles. The van der Waals surface area contributed by atoms with Crippen molar-refractivity contribution in [3.8, 4) is 11.5 Å². The van der Waals surface area contributed by atoms with E-state index in [0.29, 0.717) is 28.6 Å². The monoisotopic (exact) mass is 481 g/mol. The summed E-state index contributed by atoms with van der Waals surface area (Å²) in [4.78, 5) is 28.6. The van der Waals surface area contributed by atoms with Crippen LogP contribution in [0.25, 0.3) is 11.0 Å². The number of fused-ring (bicyclic) bond motifs is 2. The molecule has 2 aromatic carbocycles. The number of anilines is 1. The molecule has 1 amide bonds. The van der Waals surface area contributed by atoms with E-state index < -0.39 is 23.2 Å². The second-order valence-electron chi connectivity index (χ2n) is 7.73. The van der Waals surface area contributed by atoms with Gasteiger partial charge < -0.3 is 13.9 Å². The van der Waals surface area contributed by atoms with Gasteiger partial charge in [-0.15, -0.1) is 10.2 Å². The van der Waals surface area contributed by atoms with Crippen molar-refractivity contribution in [3.05, 3.63) is 74.3 Å². The van der Waals surface area contributed by atoms with Crippen LogP contribution in [0.3, 0.4) is 0 Å². The zero-order chi connectivity index (χ0) is 24.0. The first-order valence-corrected chi connectivity index (χ1v) is 11.4. The molecule has 0 saturated heterocycles. The van der Waals surface area contributed by atoms with Crippen molar-refractivity contribution in [2.75, 3.05) is 19.1 Å². The molecule has 0 radical (unpaired) electrons. The van der Waals surface area contributed by atoms with Gasteiger partial charge in [0.2, 0.25) is 10.9 Å². The number of halogens is 1. The summed E-state index contributed by atoms with van der Waals surface area (Å²) in [5.74, 6) is -0.262. The first-order valence-electron chi connectivity index (χ1n) is 10.6. The van der Waals surface area contributed by atoms with E-state index in [0.717, 1.165) is 17.5 Å². The van der Waals surface area contributed by atoms with E-state index in [9.17, 15) is 14.0 Å². The lowest BCUT2D eigenvalue weighted by Crippen LogP contribution is -2.29. The number of aromatic nitrogens is 2. The zero-order valence-electron chi connectivity index (χ0n) is 18.6. The van der Waals surface area contributed by atoms with Gasteiger partial charge in [-0.1, -0.05) is 24.3 Å². The Bertz CT molecular complexity index is 1480. The lowest BCUT2D eigenvalue weighted by molar-refractivity contribution is 0.0970. The van der Waals surface area contributed by atoms with Gasteiger partial charge in [0, 0.05) is 6.42 Å². The van der Waals surface area contributed by atoms with Crippen LogP contribution < -0.4 is 19.8 Å². The standard InChI is InChI=1S/C24H20FN3O5S/c1-4-5-18-26-27-24(34-18)28-20(12-6-8-16(31-2)17(10-12)32-3)19-21(29)14-11-13(25)7-9-15(14)33-22(19)23(28)30/h6-11,20H,4-5H2,1-3H3/t20-/m0/s1. The first-order chi connectivity index (χ1) is 16.5. The Morgan fingerprint density at radius 1 is 1.09 bits per heavy atom. The molecule has 8 nitrogen and oxygen atoms in total. The van der Waals surface area contributed by atoms with Gasteiger partial charge in [-0.2, -0.15) is 0 Å².